The SMILES string of the molecule is CCNC(=NCc1ccccc1CN1CCOCC1)NCC(C)CO. The maximum Gasteiger partial charge on any atom is 0.191 e. The van der Waals surface area contributed by atoms with E-state index in [0.29, 0.717) is 13.1 Å². The Morgan fingerprint density at radius 1 is 1.24 bits per heavy atom. The first-order valence-electron chi connectivity index (χ1n) is 9.22. The van der Waals surface area contributed by atoms with Crippen LogP contribution in [0.3, 0.4) is 0 Å². The Hall–Kier alpha value is -1.63. The molecule has 6 heteroatoms. The summed E-state index contributed by atoms with van der Waals surface area (Å²) in [5, 5.41) is 15.7. The monoisotopic (exact) mass is 348 g/mol. The van der Waals surface area contributed by atoms with Crippen LogP contribution in [0.5, 0.6) is 0 Å². The lowest BCUT2D eigenvalue weighted by Crippen LogP contribution is -2.40. The van der Waals surface area contributed by atoms with E-state index in [1.807, 2.05) is 6.92 Å². The van der Waals surface area contributed by atoms with Gasteiger partial charge in [0.2, 0.25) is 0 Å². The van der Waals surface area contributed by atoms with Crippen molar-refractivity contribution in [3.63, 3.8) is 0 Å². The second kappa shape index (κ2) is 11.1. The van der Waals surface area contributed by atoms with Gasteiger partial charge in [-0.25, -0.2) is 4.99 Å². The van der Waals surface area contributed by atoms with Crippen molar-refractivity contribution in [2.75, 3.05) is 46.0 Å². The summed E-state index contributed by atoms with van der Waals surface area (Å²) in [6.07, 6.45) is 0. The Balaban J connectivity index is 1.98. The second-order valence-corrected chi connectivity index (χ2v) is 6.52. The smallest absolute Gasteiger partial charge is 0.191 e. The molecule has 1 aromatic rings. The Bertz CT molecular complexity index is 530. The average molecular weight is 348 g/mol. The number of guanidine groups is 1. The molecule has 25 heavy (non-hydrogen) atoms. The third-order valence-electron chi connectivity index (χ3n) is 4.30. The molecule has 1 saturated heterocycles. The molecule has 3 N–H and O–H groups in total. The first kappa shape index (κ1) is 19.7. The molecule has 1 heterocycles. The Morgan fingerprint density at radius 3 is 2.64 bits per heavy atom. The minimum atomic E-state index is 0.175. The van der Waals surface area contributed by atoms with Gasteiger partial charge in [-0.3, -0.25) is 4.90 Å². The van der Waals surface area contributed by atoms with E-state index in [0.717, 1.165) is 45.4 Å². The van der Waals surface area contributed by atoms with Crippen LogP contribution in [-0.4, -0.2) is 62.0 Å². The number of morpholine rings is 1. The van der Waals surface area contributed by atoms with Gasteiger partial charge in [0.15, 0.2) is 5.96 Å². The van der Waals surface area contributed by atoms with Crippen LogP contribution in [0.1, 0.15) is 25.0 Å². The molecule has 1 aromatic carbocycles. The summed E-state index contributed by atoms with van der Waals surface area (Å²) in [4.78, 5) is 7.14. The Kier molecular flexibility index (Phi) is 8.72. The highest BCUT2D eigenvalue weighted by Crippen LogP contribution is 2.14. The van der Waals surface area contributed by atoms with E-state index in [-0.39, 0.29) is 12.5 Å². The second-order valence-electron chi connectivity index (χ2n) is 6.52. The van der Waals surface area contributed by atoms with Crippen LogP contribution < -0.4 is 10.6 Å². The topological polar surface area (TPSA) is 69.1 Å². The van der Waals surface area contributed by atoms with Crippen molar-refractivity contribution in [3.05, 3.63) is 35.4 Å². The van der Waals surface area contributed by atoms with Crippen LogP contribution >= 0.6 is 0 Å². The summed E-state index contributed by atoms with van der Waals surface area (Å²) >= 11 is 0. The molecule has 140 valence electrons. The van der Waals surface area contributed by atoms with Gasteiger partial charge in [-0.15, -0.1) is 0 Å². The van der Waals surface area contributed by atoms with Crippen LogP contribution in [0.2, 0.25) is 0 Å². The number of aliphatic hydroxyl groups is 1. The number of aliphatic hydroxyl groups excluding tert-OH is 1. The molecule has 1 aliphatic rings. The van der Waals surface area contributed by atoms with Crippen LogP contribution in [0.25, 0.3) is 0 Å². The number of aliphatic imine (C=N–C) groups is 1. The summed E-state index contributed by atoms with van der Waals surface area (Å²) in [6, 6.07) is 8.50. The van der Waals surface area contributed by atoms with Gasteiger partial charge in [-0.05, 0) is 24.0 Å². The van der Waals surface area contributed by atoms with Crippen LogP contribution in [0, 0.1) is 5.92 Å². The van der Waals surface area contributed by atoms with Gasteiger partial charge in [0.05, 0.1) is 19.8 Å². The first-order chi connectivity index (χ1) is 12.2. The lowest BCUT2D eigenvalue weighted by atomic mass is 10.1. The molecule has 0 amide bonds. The van der Waals surface area contributed by atoms with E-state index in [9.17, 15) is 0 Å². The lowest BCUT2D eigenvalue weighted by molar-refractivity contribution is 0.0341. The molecule has 1 aliphatic heterocycles. The first-order valence-corrected chi connectivity index (χ1v) is 9.22. The van der Waals surface area contributed by atoms with E-state index in [1.54, 1.807) is 0 Å². The third-order valence-corrected chi connectivity index (χ3v) is 4.30. The fraction of sp³-hybridized carbons (Fsp3) is 0.632. The zero-order valence-electron chi connectivity index (χ0n) is 15.5. The van der Waals surface area contributed by atoms with Gasteiger partial charge < -0.3 is 20.5 Å². The molecule has 0 aliphatic carbocycles. The molecule has 1 fully saturated rings. The number of ether oxygens (including phenoxy) is 1. The van der Waals surface area contributed by atoms with Gasteiger partial charge in [-0.2, -0.15) is 0 Å². The van der Waals surface area contributed by atoms with E-state index in [1.165, 1.54) is 11.1 Å². The summed E-state index contributed by atoms with van der Waals surface area (Å²) in [5.41, 5.74) is 2.58. The zero-order chi connectivity index (χ0) is 17.9. The van der Waals surface area contributed by atoms with Crippen LogP contribution in [0.4, 0.5) is 0 Å². The molecule has 1 atom stereocenters. The number of hydrogen-bond donors (Lipinski definition) is 3. The van der Waals surface area contributed by atoms with Gasteiger partial charge in [0.1, 0.15) is 0 Å². The molecule has 6 nitrogen and oxygen atoms in total. The van der Waals surface area contributed by atoms with Crippen LogP contribution in [-0.2, 0) is 17.8 Å². The van der Waals surface area contributed by atoms with Gasteiger partial charge in [-0.1, -0.05) is 31.2 Å². The Morgan fingerprint density at radius 2 is 1.96 bits per heavy atom. The highest BCUT2D eigenvalue weighted by molar-refractivity contribution is 5.79. The maximum absolute atomic E-state index is 9.16. The Labute approximate surface area is 151 Å². The van der Waals surface area contributed by atoms with E-state index in [4.69, 9.17) is 14.8 Å². The number of benzene rings is 1. The highest BCUT2D eigenvalue weighted by atomic mass is 16.5. The van der Waals surface area contributed by atoms with E-state index >= 15 is 0 Å². The average Bonchev–Trinajstić information content (AvgIpc) is 2.65. The minimum absolute atomic E-state index is 0.175. The predicted molar refractivity (Wildman–Crippen MR) is 102 cm³/mol. The fourth-order valence-corrected chi connectivity index (χ4v) is 2.71. The van der Waals surface area contributed by atoms with Crippen molar-refractivity contribution in [3.8, 4) is 0 Å². The highest BCUT2D eigenvalue weighted by Gasteiger charge is 2.12. The van der Waals surface area contributed by atoms with Crippen molar-refractivity contribution in [2.24, 2.45) is 10.9 Å². The molecule has 1 unspecified atom stereocenters. The van der Waals surface area contributed by atoms with Crippen molar-refractivity contribution >= 4 is 5.96 Å². The van der Waals surface area contributed by atoms with Crippen molar-refractivity contribution in [1.29, 1.82) is 0 Å². The number of nitrogens with zero attached hydrogens (tertiary/aromatic N) is 2. The lowest BCUT2D eigenvalue weighted by Gasteiger charge is -2.27. The largest absolute Gasteiger partial charge is 0.396 e. The standard InChI is InChI=1S/C19H32N4O2/c1-3-20-19(21-12-16(2)15-24)22-13-17-6-4-5-7-18(17)14-23-8-10-25-11-9-23/h4-7,16,24H,3,8-15H2,1-2H3,(H2,20,21,22). The molecule has 0 spiro atoms. The normalized spacial score (nSPS) is 17.3. The number of nitrogens with one attached hydrogen (secondary N) is 2. The molecule has 2 rings (SSSR count). The van der Waals surface area contributed by atoms with Crippen LogP contribution in [0.15, 0.2) is 29.3 Å². The molecule has 0 aromatic heterocycles. The molecule has 0 radical (unpaired) electrons. The fourth-order valence-electron chi connectivity index (χ4n) is 2.71. The van der Waals surface area contributed by atoms with Gasteiger partial charge >= 0.3 is 0 Å². The summed E-state index contributed by atoms with van der Waals surface area (Å²) in [6.45, 7) is 11.0. The summed E-state index contributed by atoms with van der Waals surface area (Å²) in [5.74, 6) is 1.00. The quantitative estimate of drug-likeness (QED) is 0.487. The molecular weight excluding hydrogens is 316 g/mol. The predicted octanol–water partition coefficient (Wildman–Crippen LogP) is 1.20. The molecule has 0 bridgehead atoms. The van der Waals surface area contributed by atoms with E-state index in [2.05, 4.69) is 46.7 Å². The minimum Gasteiger partial charge on any atom is -0.396 e. The van der Waals surface area contributed by atoms with Crippen molar-refractivity contribution in [1.82, 2.24) is 15.5 Å². The van der Waals surface area contributed by atoms with Gasteiger partial charge in [0, 0.05) is 39.3 Å². The number of rotatable bonds is 8. The summed E-state index contributed by atoms with van der Waals surface area (Å²) in [7, 11) is 0. The van der Waals surface area contributed by atoms with Crippen molar-refractivity contribution in [2.45, 2.75) is 26.9 Å². The molecular formula is C19H32N4O2. The summed E-state index contributed by atoms with van der Waals surface area (Å²) < 4.78 is 5.43. The molecule has 0 saturated carbocycles. The number of hydrogen-bond acceptors (Lipinski definition) is 4. The zero-order valence-corrected chi connectivity index (χ0v) is 15.5. The van der Waals surface area contributed by atoms with Gasteiger partial charge in [0.25, 0.3) is 0 Å². The third kappa shape index (κ3) is 7.02. The van der Waals surface area contributed by atoms with Crippen molar-refractivity contribution < 1.29 is 9.84 Å². The maximum atomic E-state index is 9.16. The van der Waals surface area contributed by atoms with E-state index < -0.39 is 0 Å².